The molecule has 0 unspecified atom stereocenters. The summed E-state index contributed by atoms with van der Waals surface area (Å²) in [5.41, 5.74) is 2.00. The Morgan fingerprint density at radius 3 is 2.47 bits per heavy atom. The molecule has 0 atom stereocenters. The van der Waals surface area contributed by atoms with Gasteiger partial charge < -0.3 is 4.90 Å². The molecule has 3 heterocycles. The number of anilines is 3. The minimum Gasteiger partial charge on any atom is -0.354 e. The topological polar surface area (TPSA) is 104 Å². The highest BCUT2D eigenvalue weighted by Crippen LogP contribution is 2.34. The first-order chi connectivity index (χ1) is 14.2. The summed E-state index contributed by atoms with van der Waals surface area (Å²) in [6.45, 7) is 0. The SMILES string of the molecule is CN(C)c1nc2sc(C(=O)Nc3nc(-c4ccc(NS(C)(=O)=O)cc4)cs3)cc2s1. The largest absolute Gasteiger partial charge is 0.354 e. The van der Waals surface area contributed by atoms with Crippen LogP contribution in [0.3, 0.4) is 0 Å². The molecule has 1 aromatic carbocycles. The number of amides is 1. The van der Waals surface area contributed by atoms with E-state index in [1.807, 2.05) is 30.4 Å². The number of nitrogens with zero attached hydrogens (tertiary/aromatic N) is 3. The highest BCUT2D eigenvalue weighted by atomic mass is 32.2. The number of hydrogen-bond acceptors (Lipinski definition) is 9. The summed E-state index contributed by atoms with van der Waals surface area (Å²) < 4.78 is 26.0. The van der Waals surface area contributed by atoms with Gasteiger partial charge >= 0.3 is 0 Å². The molecule has 3 aromatic heterocycles. The van der Waals surface area contributed by atoms with Gasteiger partial charge in [0.15, 0.2) is 10.3 Å². The molecule has 0 spiro atoms. The number of hydrogen-bond donors (Lipinski definition) is 2. The smallest absolute Gasteiger partial charge is 0.267 e. The fraction of sp³-hybridized carbons (Fsp3) is 0.167. The van der Waals surface area contributed by atoms with Crippen molar-refractivity contribution in [2.24, 2.45) is 0 Å². The molecule has 0 saturated heterocycles. The van der Waals surface area contributed by atoms with Crippen molar-refractivity contribution in [3.63, 3.8) is 0 Å². The molecule has 0 radical (unpaired) electrons. The van der Waals surface area contributed by atoms with Gasteiger partial charge in [-0.25, -0.2) is 18.4 Å². The molecule has 0 bridgehead atoms. The number of nitrogens with one attached hydrogen (secondary N) is 2. The normalized spacial score (nSPS) is 11.6. The highest BCUT2D eigenvalue weighted by molar-refractivity contribution is 7.92. The number of sulfonamides is 1. The van der Waals surface area contributed by atoms with Gasteiger partial charge in [-0.1, -0.05) is 23.5 Å². The van der Waals surface area contributed by atoms with Gasteiger partial charge in [0.2, 0.25) is 10.0 Å². The van der Waals surface area contributed by atoms with Crippen molar-refractivity contribution < 1.29 is 13.2 Å². The Balaban J connectivity index is 1.46. The zero-order valence-corrected chi connectivity index (χ0v) is 19.4. The van der Waals surface area contributed by atoms with Gasteiger partial charge in [0.05, 0.1) is 21.5 Å². The quantitative estimate of drug-likeness (QED) is 0.430. The molecule has 0 aliphatic carbocycles. The Morgan fingerprint density at radius 2 is 1.83 bits per heavy atom. The van der Waals surface area contributed by atoms with Crippen LogP contribution in [-0.4, -0.2) is 44.6 Å². The summed E-state index contributed by atoms with van der Waals surface area (Å²) in [6, 6.07) is 8.73. The van der Waals surface area contributed by atoms with E-state index < -0.39 is 10.0 Å². The number of thiophene rings is 1. The molecule has 8 nitrogen and oxygen atoms in total. The lowest BCUT2D eigenvalue weighted by atomic mass is 10.1. The number of rotatable bonds is 6. The third-order valence-electron chi connectivity index (χ3n) is 3.89. The van der Waals surface area contributed by atoms with Crippen LogP contribution in [0.1, 0.15) is 9.67 Å². The van der Waals surface area contributed by atoms with E-state index in [9.17, 15) is 13.2 Å². The first-order valence-corrected chi connectivity index (χ1v) is 13.0. The summed E-state index contributed by atoms with van der Waals surface area (Å²) in [5.74, 6) is -0.217. The zero-order valence-electron chi connectivity index (χ0n) is 16.2. The van der Waals surface area contributed by atoms with Gasteiger partial charge in [-0.05, 0) is 18.2 Å². The third kappa shape index (κ3) is 4.61. The van der Waals surface area contributed by atoms with Crippen molar-refractivity contribution >= 4 is 75.4 Å². The van der Waals surface area contributed by atoms with Gasteiger partial charge in [0.25, 0.3) is 5.91 Å². The molecule has 1 amide bonds. The Bertz CT molecular complexity index is 1290. The maximum absolute atomic E-state index is 12.6. The highest BCUT2D eigenvalue weighted by Gasteiger charge is 2.16. The van der Waals surface area contributed by atoms with Crippen molar-refractivity contribution in [3.8, 4) is 11.3 Å². The number of carbonyl (C=O) groups is 1. The molecule has 4 rings (SSSR count). The van der Waals surface area contributed by atoms with Crippen LogP contribution in [0.25, 0.3) is 20.8 Å². The summed E-state index contributed by atoms with van der Waals surface area (Å²) in [4.78, 5) is 24.9. The van der Waals surface area contributed by atoms with Gasteiger partial charge in [0.1, 0.15) is 4.83 Å². The molecular formula is C18H17N5O3S4. The van der Waals surface area contributed by atoms with Crippen LogP contribution in [0.4, 0.5) is 16.0 Å². The van der Waals surface area contributed by atoms with Crippen molar-refractivity contribution in [1.82, 2.24) is 9.97 Å². The standard InChI is InChI=1S/C18H17N5O3S4/c1-23(2)18-21-16-14(29-18)8-13(28-16)15(24)20-17-19-12(9-27-17)10-4-6-11(7-5-10)22-30(3,25)26/h4-9,22H,1-3H3,(H,19,20,24). The van der Waals surface area contributed by atoms with E-state index in [-0.39, 0.29) is 5.91 Å². The lowest BCUT2D eigenvalue weighted by Gasteiger charge is -2.05. The Labute approximate surface area is 185 Å². The molecule has 0 aliphatic rings. The average Bonchev–Trinajstić information content (AvgIpc) is 3.35. The molecule has 4 aromatic rings. The predicted octanol–water partition coefficient (Wildman–Crippen LogP) is 4.17. The number of carbonyl (C=O) groups excluding carboxylic acids is 1. The summed E-state index contributed by atoms with van der Waals surface area (Å²) in [7, 11) is 0.554. The summed E-state index contributed by atoms with van der Waals surface area (Å²) in [6.07, 6.45) is 1.10. The number of thiazole rings is 2. The van der Waals surface area contributed by atoms with Crippen LogP contribution in [0.5, 0.6) is 0 Å². The second kappa shape index (κ2) is 7.95. The van der Waals surface area contributed by atoms with E-state index in [4.69, 9.17) is 0 Å². The first-order valence-electron chi connectivity index (χ1n) is 8.61. The molecular weight excluding hydrogens is 462 g/mol. The van der Waals surface area contributed by atoms with Gasteiger partial charge in [-0.3, -0.25) is 14.8 Å². The van der Waals surface area contributed by atoms with E-state index in [2.05, 4.69) is 20.0 Å². The molecule has 12 heteroatoms. The van der Waals surface area contributed by atoms with Gasteiger partial charge in [-0.15, -0.1) is 22.7 Å². The fourth-order valence-electron chi connectivity index (χ4n) is 2.57. The van der Waals surface area contributed by atoms with E-state index in [1.165, 1.54) is 22.7 Å². The van der Waals surface area contributed by atoms with E-state index >= 15 is 0 Å². The number of fused-ring (bicyclic) bond motifs is 1. The van der Waals surface area contributed by atoms with Crippen molar-refractivity contribution in [2.75, 3.05) is 35.3 Å². The molecule has 156 valence electrons. The van der Waals surface area contributed by atoms with Crippen LogP contribution < -0.4 is 14.9 Å². The number of benzene rings is 1. The Hall–Kier alpha value is -2.54. The molecule has 0 saturated carbocycles. The maximum atomic E-state index is 12.6. The van der Waals surface area contributed by atoms with Crippen molar-refractivity contribution in [1.29, 1.82) is 0 Å². The zero-order chi connectivity index (χ0) is 21.5. The van der Waals surface area contributed by atoms with Crippen LogP contribution in [0.2, 0.25) is 0 Å². The van der Waals surface area contributed by atoms with E-state index in [0.717, 1.165) is 26.5 Å². The predicted molar refractivity (Wildman–Crippen MR) is 126 cm³/mol. The minimum absolute atomic E-state index is 0.217. The van der Waals surface area contributed by atoms with Crippen LogP contribution in [-0.2, 0) is 10.0 Å². The monoisotopic (exact) mass is 479 g/mol. The first kappa shape index (κ1) is 20.7. The molecule has 0 aliphatic heterocycles. The Morgan fingerprint density at radius 1 is 1.10 bits per heavy atom. The molecule has 0 fully saturated rings. The van der Waals surface area contributed by atoms with Crippen molar-refractivity contribution in [2.45, 2.75) is 0 Å². The maximum Gasteiger partial charge on any atom is 0.267 e. The van der Waals surface area contributed by atoms with Gasteiger partial charge in [-0.2, -0.15) is 0 Å². The lowest BCUT2D eigenvalue weighted by Crippen LogP contribution is -2.10. The minimum atomic E-state index is -3.32. The molecule has 30 heavy (non-hydrogen) atoms. The van der Waals surface area contributed by atoms with E-state index in [0.29, 0.717) is 21.4 Å². The lowest BCUT2D eigenvalue weighted by molar-refractivity contribution is 0.103. The second-order valence-electron chi connectivity index (χ2n) is 6.61. The third-order valence-corrected chi connectivity index (χ3v) is 7.58. The Kier molecular flexibility index (Phi) is 5.49. The summed E-state index contributed by atoms with van der Waals surface area (Å²) in [5, 5.41) is 6.07. The number of aromatic nitrogens is 2. The van der Waals surface area contributed by atoms with Crippen LogP contribution in [0.15, 0.2) is 35.7 Å². The van der Waals surface area contributed by atoms with Crippen LogP contribution >= 0.6 is 34.0 Å². The van der Waals surface area contributed by atoms with Gasteiger partial charge in [0, 0.05) is 30.7 Å². The second-order valence-corrected chi connectivity index (χ2v) is 11.3. The molecule has 2 N–H and O–H groups in total. The van der Waals surface area contributed by atoms with E-state index in [1.54, 1.807) is 35.6 Å². The summed E-state index contributed by atoms with van der Waals surface area (Å²) >= 11 is 4.23. The fourth-order valence-corrected chi connectivity index (χ4v) is 5.88. The van der Waals surface area contributed by atoms with Crippen molar-refractivity contribution in [3.05, 3.63) is 40.6 Å². The average molecular weight is 480 g/mol. The van der Waals surface area contributed by atoms with Crippen LogP contribution in [0, 0.1) is 0 Å².